The van der Waals surface area contributed by atoms with Crippen LogP contribution in [-0.2, 0) is 10.9 Å². The summed E-state index contributed by atoms with van der Waals surface area (Å²) in [6.07, 6.45) is -4.00. The smallest absolute Gasteiger partial charge is 0.419 e. The van der Waals surface area contributed by atoms with Gasteiger partial charge >= 0.3 is 12.3 Å². The summed E-state index contributed by atoms with van der Waals surface area (Å²) in [7, 11) is 0. The Balaban J connectivity index is 1.36. The van der Waals surface area contributed by atoms with Gasteiger partial charge in [0.05, 0.1) is 12.1 Å². The Morgan fingerprint density at radius 2 is 1.65 bits per heavy atom. The first-order chi connectivity index (χ1) is 14.9. The SMILES string of the molecule is O=C(NCC#Cc1ncccc1C(F)(F)F)OCC1c2ccccc2-c2ccccc21. The number of ether oxygens (including phenoxy) is 1. The summed E-state index contributed by atoms with van der Waals surface area (Å²) in [4.78, 5) is 15.7. The predicted molar refractivity (Wildman–Crippen MR) is 109 cm³/mol. The second-order valence-electron chi connectivity index (χ2n) is 6.88. The molecular weight excluding hydrogens is 405 g/mol. The van der Waals surface area contributed by atoms with Crippen LogP contribution in [0.1, 0.15) is 28.3 Å². The highest BCUT2D eigenvalue weighted by Gasteiger charge is 2.33. The van der Waals surface area contributed by atoms with E-state index in [0.717, 1.165) is 28.3 Å². The number of hydrogen-bond acceptors (Lipinski definition) is 3. The number of aromatic nitrogens is 1. The number of carbonyl (C=O) groups excluding carboxylic acids is 1. The van der Waals surface area contributed by atoms with Crippen molar-refractivity contribution in [1.29, 1.82) is 0 Å². The van der Waals surface area contributed by atoms with Crippen molar-refractivity contribution in [2.45, 2.75) is 12.1 Å². The minimum Gasteiger partial charge on any atom is -0.449 e. The fourth-order valence-corrected chi connectivity index (χ4v) is 3.63. The molecule has 1 aliphatic rings. The Morgan fingerprint density at radius 3 is 2.29 bits per heavy atom. The first-order valence-corrected chi connectivity index (χ1v) is 9.55. The van der Waals surface area contributed by atoms with Crippen LogP contribution in [0, 0.1) is 11.8 Å². The molecule has 7 heteroatoms. The number of carbonyl (C=O) groups is 1. The molecule has 156 valence electrons. The molecular formula is C24H17F3N2O2. The van der Waals surface area contributed by atoms with Crippen molar-refractivity contribution in [1.82, 2.24) is 10.3 Å². The molecule has 0 aliphatic heterocycles. The summed E-state index contributed by atoms with van der Waals surface area (Å²) < 4.78 is 44.2. The van der Waals surface area contributed by atoms with Crippen molar-refractivity contribution >= 4 is 6.09 Å². The maximum atomic E-state index is 12.9. The second-order valence-corrected chi connectivity index (χ2v) is 6.88. The van der Waals surface area contributed by atoms with E-state index in [1.165, 1.54) is 12.3 Å². The fourth-order valence-electron chi connectivity index (χ4n) is 3.63. The average molecular weight is 422 g/mol. The van der Waals surface area contributed by atoms with Gasteiger partial charge in [-0.25, -0.2) is 9.78 Å². The van der Waals surface area contributed by atoms with Gasteiger partial charge in [0.2, 0.25) is 0 Å². The minimum absolute atomic E-state index is 0.0768. The lowest BCUT2D eigenvalue weighted by molar-refractivity contribution is -0.138. The first-order valence-electron chi connectivity index (χ1n) is 9.55. The standard InChI is InChI=1S/C24H17F3N2O2/c25-24(26,27)21-11-5-13-28-22(21)12-6-14-29-23(30)31-15-20-18-9-3-1-7-16(18)17-8-2-4-10-19(17)20/h1-5,7-11,13,20H,14-15H2,(H,29,30). The van der Waals surface area contributed by atoms with E-state index < -0.39 is 17.8 Å². The van der Waals surface area contributed by atoms with E-state index in [2.05, 4.69) is 22.1 Å². The normalized spacial score (nSPS) is 12.4. The number of nitrogens with one attached hydrogen (secondary N) is 1. The lowest BCUT2D eigenvalue weighted by atomic mass is 9.98. The Hall–Kier alpha value is -3.79. The molecule has 1 amide bonds. The number of hydrogen-bond donors (Lipinski definition) is 1. The molecule has 1 N–H and O–H groups in total. The van der Waals surface area contributed by atoms with Gasteiger partial charge in [-0.2, -0.15) is 13.2 Å². The summed E-state index contributed by atoms with van der Waals surface area (Å²) in [6.45, 7) is -0.0176. The van der Waals surface area contributed by atoms with Crippen molar-refractivity contribution in [2.24, 2.45) is 0 Å². The molecule has 0 radical (unpaired) electrons. The van der Waals surface area contributed by atoms with Crippen LogP contribution >= 0.6 is 0 Å². The molecule has 0 atom stereocenters. The van der Waals surface area contributed by atoms with Gasteiger partial charge in [0.25, 0.3) is 0 Å². The van der Waals surface area contributed by atoms with E-state index in [9.17, 15) is 18.0 Å². The summed E-state index contributed by atoms with van der Waals surface area (Å²) >= 11 is 0. The molecule has 1 heterocycles. The van der Waals surface area contributed by atoms with E-state index in [1.807, 2.05) is 48.5 Å². The summed E-state index contributed by atoms with van der Waals surface area (Å²) in [5.41, 5.74) is 3.12. The minimum atomic E-state index is -4.54. The number of halogens is 3. The van der Waals surface area contributed by atoms with Crippen LogP contribution in [0.5, 0.6) is 0 Å². The van der Waals surface area contributed by atoms with Gasteiger partial charge in [-0.1, -0.05) is 54.5 Å². The van der Waals surface area contributed by atoms with Crippen molar-refractivity contribution in [2.75, 3.05) is 13.2 Å². The zero-order chi connectivity index (χ0) is 21.8. The van der Waals surface area contributed by atoms with Crippen LogP contribution in [0.3, 0.4) is 0 Å². The number of fused-ring (bicyclic) bond motifs is 3. The van der Waals surface area contributed by atoms with Crippen LogP contribution in [0.15, 0.2) is 66.9 Å². The van der Waals surface area contributed by atoms with Crippen LogP contribution in [0.4, 0.5) is 18.0 Å². The number of nitrogens with zero attached hydrogens (tertiary/aromatic N) is 1. The molecule has 0 bridgehead atoms. The Kier molecular flexibility index (Phi) is 5.63. The van der Waals surface area contributed by atoms with Gasteiger partial charge < -0.3 is 10.1 Å². The zero-order valence-corrected chi connectivity index (χ0v) is 16.2. The number of benzene rings is 2. The Labute approximate surface area is 177 Å². The lowest BCUT2D eigenvalue weighted by Gasteiger charge is -2.14. The predicted octanol–water partition coefficient (Wildman–Crippen LogP) is 4.99. The average Bonchev–Trinajstić information content (AvgIpc) is 3.09. The van der Waals surface area contributed by atoms with Crippen LogP contribution in [-0.4, -0.2) is 24.2 Å². The third-order valence-electron chi connectivity index (χ3n) is 4.98. The molecule has 2 aromatic carbocycles. The number of rotatable bonds is 3. The number of amides is 1. The Bertz CT molecular complexity index is 1130. The van der Waals surface area contributed by atoms with Crippen molar-refractivity contribution < 1.29 is 22.7 Å². The van der Waals surface area contributed by atoms with Gasteiger partial charge in [0.15, 0.2) is 0 Å². The molecule has 1 aliphatic carbocycles. The summed E-state index contributed by atoms with van der Waals surface area (Å²) in [5, 5.41) is 2.44. The van der Waals surface area contributed by atoms with Crippen molar-refractivity contribution in [3.63, 3.8) is 0 Å². The highest BCUT2D eigenvalue weighted by atomic mass is 19.4. The van der Waals surface area contributed by atoms with E-state index in [4.69, 9.17) is 4.74 Å². The summed E-state index contributed by atoms with van der Waals surface area (Å²) in [5.74, 6) is 4.75. The molecule has 0 spiro atoms. The molecule has 1 aromatic heterocycles. The van der Waals surface area contributed by atoms with E-state index in [-0.39, 0.29) is 24.8 Å². The first kappa shape index (κ1) is 20.5. The van der Waals surface area contributed by atoms with Gasteiger partial charge in [-0.05, 0) is 40.3 Å². The van der Waals surface area contributed by atoms with E-state index >= 15 is 0 Å². The molecule has 31 heavy (non-hydrogen) atoms. The molecule has 3 aromatic rings. The largest absolute Gasteiger partial charge is 0.449 e. The molecule has 4 rings (SSSR count). The third-order valence-corrected chi connectivity index (χ3v) is 4.98. The quantitative estimate of drug-likeness (QED) is 0.605. The zero-order valence-electron chi connectivity index (χ0n) is 16.2. The monoisotopic (exact) mass is 422 g/mol. The molecule has 0 saturated carbocycles. The van der Waals surface area contributed by atoms with Crippen molar-refractivity contribution in [3.05, 3.63) is 89.2 Å². The lowest BCUT2D eigenvalue weighted by Crippen LogP contribution is -2.26. The maximum absolute atomic E-state index is 12.9. The summed E-state index contributed by atoms with van der Waals surface area (Å²) in [6, 6.07) is 18.0. The Morgan fingerprint density at radius 1 is 1.00 bits per heavy atom. The van der Waals surface area contributed by atoms with Crippen molar-refractivity contribution in [3.8, 4) is 23.0 Å². The molecule has 0 fully saturated rings. The number of alkyl carbamates (subject to hydrolysis) is 1. The molecule has 0 unspecified atom stereocenters. The van der Waals surface area contributed by atoms with E-state index in [1.54, 1.807) is 0 Å². The van der Waals surface area contributed by atoms with Crippen LogP contribution < -0.4 is 5.32 Å². The van der Waals surface area contributed by atoms with Gasteiger partial charge in [-0.15, -0.1) is 0 Å². The van der Waals surface area contributed by atoms with Gasteiger partial charge in [0.1, 0.15) is 12.3 Å². The molecule has 0 saturated heterocycles. The third kappa shape index (κ3) is 4.38. The number of alkyl halides is 3. The fraction of sp³-hybridized carbons (Fsp3) is 0.167. The molecule has 4 nitrogen and oxygen atoms in total. The van der Waals surface area contributed by atoms with Crippen LogP contribution in [0.2, 0.25) is 0 Å². The number of pyridine rings is 1. The topological polar surface area (TPSA) is 51.2 Å². The highest BCUT2D eigenvalue weighted by molar-refractivity contribution is 5.79. The second kappa shape index (κ2) is 8.52. The van der Waals surface area contributed by atoms with Gasteiger partial charge in [-0.3, -0.25) is 0 Å². The highest BCUT2D eigenvalue weighted by Crippen LogP contribution is 2.44. The van der Waals surface area contributed by atoms with Crippen LogP contribution in [0.25, 0.3) is 11.1 Å². The van der Waals surface area contributed by atoms with Gasteiger partial charge in [0, 0.05) is 12.1 Å². The van der Waals surface area contributed by atoms with E-state index in [0.29, 0.717) is 0 Å². The maximum Gasteiger partial charge on any atom is 0.419 e.